The van der Waals surface area contributed by atoms with Gasteiger partial charge in [0.1, 0.15) is 6.33 Å². The maximum atomic E-state index is 4.15. The molecular formula is C17H23N3. The molecule has 2 rings (SSSR count). The molecule has 0 saturated heterocycles. The molecule has 0 amide bonds. The van der Waals surface area contributed by atoms with E-state index in [0.29, 0.717) is 0 Å². The first-order chi connectivity index (χ1) is 9.85. The van der Waals surface area contributed by atoms with E-state index >= 15 is 0 Å². The molecule has 1 aromatic carbocycles. The van der Waals surface area contributed by atoms with Crippen molar-refractivity contribution in [3.8, 4) is 0 Å². The fraction of sp³-hybridized carbons (Fsp3) is 0.412. The first-order valence-corrected chi connectivity index (χ1v) is 7.42. The molecule has 1 unspecified atom stereocenters. The standard InChI is InChI=1S/C17H23N3/c1-3-6-14-7-5-8-15(10-14)17(20-9-4-2)16-11-18-13-19-12-16/h5,7-8,10-13,17,20H,3-4,6,9H2,1-2H3. The van der Waals surface area contributed by atoms with Crippen molar-refractivity contribution in [2.24, 2.45) is 0 Å². The summed E-state index contributed by atoms with van der Waals surface area (Å²) in [6, 6.07) is 8.99. The number of rotatable bonds is 7. The Morgan fingerprint density at radius 2 is 1.85 bits per heavy atom. The van der Waals surface area contributed by atoms with Gasteiger partial charge in [-0.05, 0) is 30.5 Å². The van der Waals surface area contributed by atoms with Crippen LogP contribution in [0.3, 0.4) is 0 Å². The zero-order valence-corrected chi connectivity index (χ0v) is 12.3. The summed E-state index contributed by atoms with van der Waals surface area (Å²) >= 11 is 0. The Hall–Kier alpha value is -1.74. The van der Waals surface area contributed by atoms with Crippen LogP contribution in [0.25, 0.3) is 0 Å². The maximum Gasteiger partial charge on any atom is 0.115 e. The molecule has 1 heterocycles. The topological polar surface area (TPSA) is 37.8 Å². The van der Waals surface area contributed by atoms with Crippen molar-refractivity contribution >= 4 is 0 Å². The molecule has 2 aromatic rings. The van der Waals surface area contributed by atoms with Gasteiger partial charge in [0.2, 0.25) is 0 Å². The van der Waals surface area contributed by atoms with Crippen LogP contribution >= 0.6 is 0 Å². The number of aromatic nitrogens is 2. The van der Waals surface area contributed by atoms with Crippen molar-refractivity contribution in [2.45, 2.75) is 39.2 Å². The Bertz CT molecular complexity index is 511. The first kappa shape index (κ1) is 14.7. The Morgan fingerprint density at radius 3 is 2.55 bits per heavy atom. The fourth-order valence-electron chi connectivity index (χ4n) is 2.39. The summed E-state index contributed by atoms with van der Waals surface area (Å²) in [5, 5.41) is 3.59. The van der Waals surface area contributed by atoms with Crippen LogP contribution in [0.5, 0.6) is 0 Å². The first-order valence-electron chi connectivity index (χ1n) is 7.42. The van der Waals surface area contributed by atoms with Crippen molar-refractivity contribution in [3.63, 3.8) is 0 Å². The van der Waals surface area contributed by atoms with Crippen molar-refractivity contribution in [1.82, 2.24) is 15.3 Å². The molecule has 0 bridgehead atoms. The monoisotopic (exact) mass is 269 g/mol. The van der Waals surface area contributed by atoms with E-state index in [4.69, 9.17) is 0 Å². The number of benzene rings is 1. The van der Waals surface area contributed by atoms with E-state index in [9.17, 15) is 0 Å². The second-order valence-electron chi connectivity index (χ2n) is 5.05. The zero-order valence-electron chi connectivity index (χ0n) is 12.3. The van der Waals surface area contributed by atoms with Gasteiger partial charge in [0, 0.05) is 18.0 Å². The Labute approximate surface area is 121 Å². The van der Waals surface area contributed by atoms with Crippen molar-refractivity contribution in [1.29, 1.82) is 0 Å². The maximum absolute atomic E-state index is 4.15. The van der Waals surface area contributed by atoms with Crippen LogP contribution in [0.15, 0.2) is 43.0 Å². The Balaban J connectivity index is 2.28. The third-order valence-corrected chi connectivity index (χ3v) is 3.34. The Morgan fingerprint density at radius 1 is 1.05 bits per heavy atom. The summed E-state index contributed by atoms with van der Waals surface area (Å²) in [4.78, 5) is 8.29. The van der Waals surface area contributed by atoms with Gasteiger partial charge < -0.3 is 5.32 Å². The van der Waals surface area contributed by atoms with E-state index in [1.807, 2.05) is 12.4 Å². The molecule has 0 aliphatic rings. The zero-order chi connectivity index (χ0) is 14.2. The van der Waals surface area contributed by atoms with Crippen LogP contribution in [-0.4, -0.2) is 16.5 Å². The predicted octanol–water partition coefficient (Wildman–Crippen LogP) is 3.52. The molecule has 106 valence electrons. The molecule has 0 fully saturated rings. The molecule has 3 heteroatoms. The van der Waals surface area contributed by atoms with Gasteiger partial charge in [0.25, 0.3) is 0 Å². The fourth-order valence-corrected chi connectivity index (χ4v) is 2.39. The number of hydrogen-bond acceptors (Lipinski definition) is 3. The van der Waals surface area contributed by atoms with Gasteiger partial charge in [-0.3, -0.25) is 0 Å². The van der Waals surface area contributed by atoms with Crippen molar-refractivity contribution < 1.29 is 0 Å². The van der Waals surface area contributed by atoms with Crippen molar-refractivity contribution in [2.75, 3.05) is 6.54 Å². The molecule has 1 N–H and O–H groups in total. The van der Waals surface area contributed by atoms with Gasteiger partial charge >= 0.3 is 0 Å². The summed E-state index contributed by atoms with van der Waals surface area (Å²) in [5.74, 6) is 0. The molecular weight excluding hydrogens is 246 g/mol. The third kappa shape index (κ3) is 3.87. The van der Waals surface area contributed by atoms with Crippen LogP contribution < -0.4 is 5.32 Å². The Kier molecular flexibility index (Phi) is 5.69. The highest BCUT2D eigenvalue weighted by Crippen LogP contribution is 2.22. The van der Waals surface area contributed by atoms with E-state index in [-0.39, 0.29) is 6.04 Å². The number of aryl methyl sites for hydroxylation is 1. The molecule has 3 nitrogen and oxygen atoms in total. The number of hydrogen-bond donors (Lipinski definition) is 1. The average Bonchev–Trinajstić information content (AvgIpc) is 2.50. The SMILES string of the molecule is CCCNC(c1cncnc1)c1cccc(CCC)c1. The van der Waals surface area contributed by atoms with Gasteiger partial charge in [-0.1, -0.05) is 44.5 Å². The molecule has 0 aliphatic heterocycles. The molecule has 0 aliphatic carbocycles. The van der Waals surface area contributed by atoms with Crippen molar-refractivity contribution in [3.05, 3.63) is 59.7 Å². The summed E-state index contributed by atoms with van der Waals surface area (Å²) in [5.41, 5.74) is 3.80. The van der Waals surface area contributed by atoms with Crippen LogP contribution in [0.4, 0.5) is 0 Å². The lowest BCUT2D eigenvalue weighted by atomic mass is 9.97. The van der Waals surface area contributed by atoms with Gasteiger partial charge in [0.05, 0.1) is 6.04 Å². The third-order valence-electron chi connectivity index (χ3n) is 3.34. The molecule has 1 aromatic heterocycles. The minimum Gasteiger partial charge on any atom is -0.306 e. The molecule has 0 spiro atoms. The lowest BCUT2D eigenvalue weighted by molar-refractivity contribution is 0.594. The highest BCUT2D eigenvalue weighted by atomic mass is 14.9. The number of nitrogens with one attached hydrogen (secondary N) is 1. The van der Waals surface area contributed by atoms with E-state index in [2.05, 4.69) is 53.4 Å². The second kappa shape index (κ2) is 7.75. The summed E-state index contributed by atoms with van der Waals surface area (Å²) in [7, 11) is 0. The number of nitrogens with zero attached hydrogens (tertiary/aromatic N) is 2. The van der Waals surface area contributed by atoms with E-state index in [1.165, 1.54) is 17.5 Å². The lowest BCUT2D eigenvalue weighted by Gasteiger charge is -2.19. The highest BCUT2D eigenvalue weighted by Gasteiger charge is 2.14. The van der Waals surface area contributed by atoms with Crippen LogP contribution in [-0.2, 0) is 6.42 Å². The highest BCUT2D eigenvalue weighted by molar-refractivity contribution is 5.32. The molecule has 0 radical (unpaired) electrons. The smallest absolute Gasteiger partial charge is 0.115 e. The minimum absolute atomic E-state index is 0.174. The predicted molar refractivity (Wildman–Crippen MR) is 82.6 cm³/mol. The molecule has 20 heavy (non-hydrogen) atoms. The van der Waals surface area contributed by atoms with Crippen LogP contribution in [0, 0.1) is 0 Å². The second-order valence-corrected chi connectivity index (χ2v) is 5.05. The molecule has 1 atom stereocenters. The van der Waals surface area contributed by atoms with E-state index < -0.39 is 0 Å². The summed E-state index contributed by atoms with van der Waals surface area (Å²) in [6.45, 7) is 5.38. The largest absolute Gasteiger partial charge is 0.306 e. The lowest BCUT2D eigenvalue weighted by Crippen LogP contribution is -2.23. The normalized spacial score (nSPS) is 12.3. The van der Waals surface area contributed by atoms with Crippen LogP contribution in [0.1, 0.15) is 49.4 Å². The van der Waals surface area contributed by atoms with Gasteiger partial charge in [-0.2, -0.15) is 0 Å². The van der Waals surface area contributed by atoms with Gasteiger partial charge in [0.15, 0.2) is 0 Å². The van der Waals surface area contributed by atoms with Gasteiger partial charge in [-0.25, -0.2) is 9.97 Å². The summed E-state index contributed by atoms with van der Waals surface area (Å²) in [6.07, 6.45) is 8.77. The van der Waals surface area contributed by atoms with E-state index in [1.54, 1.807) is 6.33 Å². The van der Waals surface area contributed by atoms with E-state index in [0.717, 1.165) is 24.9 Å². The quantitative estimate of drug-likeness (QED) is 0.835. The van der Waals surface area contributed by atoms with Crippen LogP contribution in [0.2, 0.25) is 0 Å². The molecule has 0 saturated carbocycles. The summed E-state index contributed by atoms with van der Waals surface area (Å²) < 4.78 is 0. The van der Waals surface area contributed by atoms with Gasteiger partial charge in [-0.15, -0.1) is 0 Å². The average molecular weight is 269 g/mol. The minimum atomic E-state index is 0.174.